The molecule has 10 nitrogen and oxygen atoms in total. The Labute approximate surface area is 237 Å². The van der Waals surface area contributed by atoms with Crippen molar-refractivity contribution in [2.24, 2.45) is 0 Å². The normalized spacial score (nSPS) is 11.1. The van der Waals surface area contributed by atoms with Gasteiger partial charge in [0, 0.05) is 18.2 Å². The van der Waals surface area contributed by atoms with Crippen LogP contribution in [0.5, 0.6) is 11.9 Å². The van der Waals surface area contributed by atoms with E-state index >= 15 is 0 Å². The van der Waals surface area contributed by atoms with E-state index in [-0.39, 0.29) is 33.6 Å². The molecular weight excluding hydrogens is 538 g/mol. The number of sulfonamides is 1. The van der Waals surface area contributed by atoms with E-state index in [1.807, 2.05) is 0 Å². The Morgan fingerprint density at radius 3 is 2.03 bits per heavy atom. The molecule has 12 heteroatoms. The van der Waals surface area contributed by atoms with Crippen LogP contribution in [-0.4, -0.2) is 43.6 Å². The first-order chi connectivity index (χ1) is 18.8. The minimum absolute atomic E-state index is 0.00240. The van der Waals surface area contributed by atoms with E-state index in [1.54, 1.807) is 12.1 Å². The molecular formula is C27H41N5O5S2. The smallest absolute Gasteiger partial charge is 0.321 e. The third kappa shape index (κ3) is 12.6. The number of anilines is 2. The second kappa shape index (κ2) is 17.6. The van der Waals surface area contributed by atoms with E-state index in [0.29, 0.717) is 12.1 Å². The second-order valence-electron chi connectivity index (χ2n) is 9.20. The highest BCUT2D eigenvalue weighted by atomic mass is 32.2. The fourth-order valence-electron chi connectivity index (χ4n) is 3.87. The lowest BCUT2D eigenvalue weighted by Crippen LogP contribution is -2.33. The maximum absolute atomic E-state index is 12.8. The highest BCUT2D eigenvalue weighted by molar-refractivity contribution is 7.92. The van der Waals surface area contributed by atoms with E-state index in [1.165, 1.54) is 83.8 Å². The molecule has 1 aromatic heterocycles. The number of nitrogens with one attached hydrogen (secondary N) is 3. The van der Waals surface area contributed by atoms with Crippen molar-refractivity contribution in [3.05, 3.63) is 30.3 Å². The van der Waals surface area contributed by atoms with Gasteiger partial charge in [-0.3, -0.25) is 9.52 Å². The lowest BCUT2D eigenvalue weighted by Gasteiger charge is -2.12. The van der Waals surface area contributed by atoms with Crippen LogP contribution in [0.2, 0.25) is 0 Å². The van der Waals surface area contributed by atoms with Crippen molar-refractivity contribution < 1.29 is 22.7 Å². The van der Waals surface area contributed by atoms with Crippen LogP contribution in [0, 0.1) is 0 Å². The zero-order chi connectivity index (χ0) is 28.5. The zero-order valence-electron chi connectivity index (χ0n) is 23.1. The highest BCUT2D eigenvalue weighted by Crippen LogP contribution is 2.21. The third-order valence-electron chi connectivity index (χ3n) is 6.00. The summed E-state index contributed by atoms with van der Waals surface area (Å²) >= 11 is 5.23. The minimum Gasteiger partial charge on any atom is -0.481 e. The monoisotopic (exact) mass is 579 g/mol. The number of hydrogen-bond donors (Lipinski definition) is 3. The molecule has 0 aliphatic carbocycles. The molecule has 0 fully saturated rings. The molecule has 39 heavy (non-hydrogen) atoms. The predicted octanol–water partition coefficient (Wildman–Crippen LogP) is 5.81. The van der Waals surface area contributed by atoms with Gasteiger partial charge < -0.3 is 20.1 Å². The van der Waals surface area contributed by atoms with Crippen LogP contribution in [0.4, 0.5) is 11.5 Å². The molecule has 0 bridgehead atoms. The minimum atomic E-state index is -3.93. The van der Waals surface area contributed by atoms with Gasteiger partial charge in [0.15, 0.2) is 10.9 Å². The van der Waals surface area contributed by atoms with Crippen LogP contribution >= 0.6 is 12.2 Å². The molecule has 1 amide bonds. The average molecular weight is 580 g/mol. The van der Waals surface area contributed by atoms with Gasteiger partial charge in [0.1, 0.15) is 0 Å². The molecule has 0 atom stereocenters. The van der Waals surface area contributed by atoms with Gasteiger partial charge in [-0.1, -0.05) is 71.1 Å². The quantitative estimate of drug-likeness (QED) is 0.148. The maximum Gasteiger partial charge on any atom is 0.321 e. The van der Waals surface area contributed by atoms with Crippen LogP contribution in [0.1, 0.15) is 84.0 Å². The Bertz CT molecular complexity index is 1120. The maximum atomic E-state index is 12.8. The van der Waals surface area contributed by atoms with Crippen LogP contribution in [0.3, 0.4) is 0 Å². The molecule has 1 aromatic carbocycles. The second-order valence-corrected chi connectivity index (χ2v) is 11.3. The van der Waals surface area contributed by atoms with Gasteiger partial charge in [-0.15, -0.1) is 0 Å². The van der Waals surface area contributed by atoms with Crippen molar-refractivity contribution in [2.75, 3.05) is 24.3 Å². The van der Waals surface area contributed by atoms with Crippen molar-refractivity contribution in [3.63, 3.8) is 0 Å². The molecule has 1 heterocycles. The molecule has 3 N–H and O–H groups in total. The molecule has 0 aliphatic heterocycles. The Morgan fingerprint density at radius 1 is 0.872 bits per heavy atom. The van der Waals surface area contributed by atoms with E-state index in [2.05, 4.69) is 32.2 Å². The molecule has 0 radical (unpaired) electrons. The first-order valence-corrected chi connectivity index (χ1v) is 15.4. The first kappa shape index (κ1) is 32.2. The number of nitrogens with zero attached hydrogens (tertiary/aromatic N) is 2. The number of aromatic nitrogens is 2. The van der Waals surface area contributed by atoms with Gasteiger partial charge in [-0.05, 0) is 42.9 Å². The van der Waals surface area contributed by atoms with Crippen molar-refractivity contribution >= 4 is 44.8 Å². The number of methoxy groups -OCH3 is 2. The number of benzene rings is 1. The van der Waals surface area contributed by atoms with E-state index in [9.17, 15) is 13.2 Å². The van der Waals surface area contributed by atoms with Gasteiger partial charge >= 0.3 is 6.01 Å². The molecule has 0 saturated carbocycles. The fraction of sp³-hybridized carbons (Fsp3) is 0.556. The summed E-state index contributed by atoms with van der Waals surface area (Å²) in [4.78, 5) is 20.1. The van der Waals surface area contributed by atoms with Gasteiger partial charge in [0.05, 0.1) is 19.1 Å². The summed E-state index contributed by atoms with van der Waals surface area (Å²) in [5.74, 6) is 0.0169. The summed E-state index contributed by atoms with van der Waals surface area (Å²) < 4.78 is 37.9. The Kier molecular flexibility index (Phi) is 14.5. The lowest BCUT2D eigenvalue weighted by atomic mass is 10.1. The molecule has 2 rings (SSSR count). The number of rotatable bonds is 18. The first-order valence-electron chi connectivity index (χ1n) is 13.5. The van der Waals surface area contributed by atoms with Gasteiger partial charge in [-0.25, -0.2) is 8.42 Å². The predicted molar refractivity (Wildman–Crippen MR) is 158 cm³/mol. The van der Waals surface area contributed by atoms with Gasteiger partial charge in [-0.2, -0.15) is 9.97 Å². The molecule has 0 spiro atoms. The van der Waals surface area contributed by atoms with Gasteiger partial charge in [0.2, 0.25) is 11.8 Å². The fourth-order valence-corrected chi connectivity index (χ4v) is 5.09. The van der Waals surface area contributed by atoms with Crippen molar-refractivity contribution in [1.29, 1.82) is 0 Å². The molecule has 0 aliphatic rings. The summed E-state index contributed by atoms with van der Waals surface area (Å²) in [6, 6.07) is 7.24. The number of carbonyl (C=O) groups excluding carboxylic acids is 1. The highest BCUT2D eigenvalue weighted by Gasteiger charge is 2.17. The number of ether oxygens (including phenoxy) is 2. The molecule has 0 saturated heterocycles. The summed E-state index contributed by atoms with van der Waals surface area (Å²) in [6.07, 6.45) is 13.9. The van der Waals surface area contributed by atoms with Gasteiger partial charge in [0.25, 0.3) is 10.0 Å². The Morgan fingerprint density at radius 2 is 1.46 bits per heavy atom. The van der Waals surface area contributed by atoms with Crippen molar-refractivity contribution in [2.45, 2.75) is 88.9 Å². The molecule has 2 aromatic rings. The number of unbranched alkanes of at least 4 members (excludes halogenated alkanes) is 10. The van der Waals surface area contributed by atoms with Crippen LogP contribution in [-0.2, 0) is 14.8 Å². The van der Waals surface area contributed by atoms with E-state index < -0.39 is 10.0 Å². The number of amides is 1. The Balaban J connectivity index is 1.71. The zero-order valence-corrected chi connectivity index (χ0v) is 24.8. The molecule has 216 valence electrons. The number of hydrogen-bond acceptors (Lipinski definition) is 8. The van der Waals surface area contributed by atoms with E-state index in [0.717, 1.165) is 19.3 Å². The molecule has 0 unspecified atom stereocenters. The summed E-state index contributed by atoms with van der Waals surface area (Å²) in [5, 5.41) is 5.74. The summed E-state index contributed by atoms with van der Waals surface area (Å²) in [6.45, 7) is 2.24. The third-order valence-corrected chi connectivity index (χ3v) is 7.57. The lowest BCUT2D eigenvalue weighted by molar-refractivity contribution is -0.119. The summed E-state index contributed by atoms with van der Waals surface area (Å²) in [5.41, 5.74) is 0.541. The Hall–Kier alpha value is -2.99. The average Bonchev–Trinajstić information content (AvgIpc) is 2.91. The van der Waals surface area contributed by atoms with Crippen LogP contribution < -0.4 is 24.8 Å². The largest absolute Gasteiger partial charge is 0.481 e. The standard InChI is InChI=1S/C27H41N5O5S2/c1-4-5-6-7-8-9-10-11-12-13-14-15-24(33)30-27(38)28-21-16-18-22(19-17-21)39(34,35)32-23-20-25(36-2)31-26(29-23)37-3/h16-20H,4-15H2,1-3H3,(H,29,31,32)(H2,28,30,33,38). The SMILES string of the molecule is CCCCCCCCCCCCCC(=O)NC(=S)Nc1ccc(S(=O)(=O)Nc2cc(OC)nc(OC)n2)cc1. The number of carbonyl (C=O) groups is 1. The van der Waals surface area contributed by atoms with Crippen LogP contribution in [0.15, 0.2) is 35.2 Å². The topological polar surface area (TPSA) is 132 Å². The van der Waals surface area contributed by atoms with E-state index in [4.69, 9.17) is 21.7 Å². The number of thiocarbonyl (C=S) groups is 1. The van der Waals surface area contributed by atoms with Crippen molar-refractivity contribution in [3.8, 4) is 11.9 Å². The van der Waals surface area contributed by atoms with Crippen LogP contribution in [0.25, 0.3) is 0 Å². The summed E-state index contributed by atoms with van der Waals surface area (Å²) in [7, 11) is -1.17. The van der Waals surface area contributed by atoms with Crippen molar-refractivity contribution in [1.82, 2.24) is 15.3 Å².